The zero-order valence-electron chi connectivity index (χ0n) is 21.3. The molecule has 4 heteroatoms. The van der Waals surface area contributed by atoms with Gasteiger partial charge in [-0.05, 0) is 69.4 Å². The Morgan fingerprint density at radius 3 is 2.17 bits per heavy atom. The summed E-state index contributed by atoms with van der Waals surface area (Å²) in [6, 6.07) is 43.7. The lowest BCUT2D eigenvalue weighted by molar-refractivity contribution is 1.43. The van der Waals surface area contributed by atoms with Crippen molar-refractivity contribution in [3.05, 3.63) is 121 Å². The average molecular weight is 545 g/mol. The summed E-state index contributed by atoms with van der Waals surface area (Å²) in [7, 11) is 0. The number of rotatable bonds is 2. The van der Waals surface area contributed by atoms with Gasteiger partial charge in [-0.1, -0.05) is 84.9 Å². The molecule has 9 aromatic rings. The molecule has 0 aliphatic carbocycles. The molecule has 0 spiro atoms. The maximum atomic E-state index is 4.99. The third kappa shape index (κ3) is 3.27. The molecule has 2 nitrogen and oxygen atoms in total. The van der Waals surface area contributed by atoms with Crippen molar-refractivity contribution in [2.24, 2.45) is 0 Å². The van der Waals surface area contributed by atoms with Crippen molar-refractivity contribution in [3.8, 4) is 22.3 Å². The summed E-state index contributed by atoms with van der Waals surface area (Å²) in [5, 5.41) is 6.47. The molecule has 0 fully saturated rings. The standard InChI is InChI=1S/C36H20N2S2/c1-2-10-25-21(7-1)15-18-32-33(25)27-12-6-11-26(35(27)39-32)24-9-5-8-22(19-24)23-16-17-31-28(20-23)34-36(40-31)38-30-14-4-3-13-29(30)37-34/h1-20H. The summed E-state index contributed by atoms with van der Waals surface area (Å²) in [5.41, 5.74) is 7.78. The highest BCUT2D eigenvalue weighted by Crippen LogP contribution is 2.43. The summed E-state index contributed by atoms with van der Waals surface area (Å²) in [4.78, 5) is 10.9. The highest BCUT2D eigenvalue weighted by molar-refractivity contribution is 7.26. The molecule has 3 aromatic heterocycles. The van der Waals surface area contributed by atoms with E-state index < -0.39 is 0 Å². The monoisotopic (exact) mass is 544 g/mol. The lowest BCUT2D eigenvalue weighted by Crippen LogP contribution is -1.84. The third-order valence-electron chi connectivity index (χ3n) is 7.87. The summed E-state index contributed by atoms with van der Waals surface area (Å²) in [6.45, 7) is 0. The van der Waals surface area contributed by atoms with E-state index in [1.807, 2.05) is 35.6 Å². The number of thiophene rings is 2. The first-order valence-electron chi connectivity index (χ1n) is 13.3. The zero-order chi connectivity index (χ0) is 26.2. The van der Waals surface area contributed by atoms with Gasteiger partial charge in [0.25, 0.3) is 0 Å². The topological polar surface area (TPSA) is 25.8 Å². The number of fused-ring (bicyclic) bond motifs is 9. The predicted molar refractivity (Wildman–Crippen MR) is 174 cm³/mol. The van der Waals surface area contributed by atoms with Gasteiger partial charge in [-0.3, -0.25) is 0 Å². The molecule has 0 atom stereocenters. The minimum absolute atomic E-state index is 0.936. The second kappa shape index (κ2) is 8.43. The molecular weight excluding hydrogens is 525 g/mol. The normalized spacial score (nSPS) is 12.0. The van der Waals surface area contributed by atoms with Crippen LogP contribution in [0.3, 0.4) is 0 Å². The lowest BCUT2D eigenvalue weighted by Gasteiger charge is -2.08. The molecule has 0 aliphatic heterocycles. The van der Waals surface area contributed by atoms with Crippen LogP contribution in [0.4, 0.5) is 0 Å². The number of para-hydroxylation sites is 2. The maximum Gasteiger partial charge on any atom is 0.143 e. The van der Waals surface area contributed by atoms with Crippen LogP contribution in [0.15, 0.2) is 121 Å². The van der Waals surface area contributed by atoms with Crippen LogP contribution < -0.4 is 0 Å². The summed E-state index contributed by atoms with van der Waals surface area (Å²) in [6.07, 6.45) is 0. The quantitative estimate of drug-likeness (QED) is 0.216. The van der Waals surface area contributed by atoms with Crippen molar-refractivity contribution in [3.63, 3.8) is 0 Å². The maximum absolute atomic E-state index is 4.99. The molecule has 0 bridgehead atoms. The molecule has 0 unspecified atom stereocenters. The van der Waals surface area contributed by atoms with E-state index >= 15 is 0 Å². The second-order valence-corrected chi connectivity index (χ2v) is 12.3. The van der Waals surface area contributed by atoms with Crippen LogP contribution in [0.2, 0.25) is 0 Å². The average Bonchev–Trinajstić information content (AvgIpc) is 3.57. The SMILES string of the molecule is c1cc(-c2ccc3sc4nc5ccccc5nc4c3c2)cc(-c2cccc3c2sc2ccc4ccccc4c23)c1. The van der Waals surface area contributed by atoms with Gasteiger partial charge in [-0.25, -0.2) is 9.97 Å². The lowest BCUT2D eigenvalue weighted by atomic mass is 9.96. The Bertz CT molecular complexity index is 2450. The molecule has 0 saturated carbocycles. The molecular formula is C36H20N2S2. The van der Waals surface area contributed by atoms with E-state index in [1.165, 1.54) is 63.3 Å². The fourth-order valence-electron chi connectivity index (χ4n) is 5.98. The Balaban J connectivity index is 1.22. The predicted octanol–water partition coefficient (Wildman–Crippen LogP) is 10.9. The van der Waals surface area contributed by atoms with Gasteiger partial charge < -0.3 is 0 Å². The van der Waals surface area contributed by atoms with Gasteiger partial charge in [-0.15, -0.1) is 22.7 Å². The molecule has 40 heavy (non-hydrogen) atoms. The van der Waals surface area contributed by atoms with E-state index in [1.54, 1.807) is 11.3 Å². The van der Waals surface area contributed by atoms with Crippen LogP contribution in [-0.2, 0) is 0 Å². The number of hydrogen-bond donors (Lipinski definition) is 0. The minimum Gasteiger partial charge on any atom is -0.243 e. The summed E-state index contributed by atoms with van der Waals surface area (Å²) >= 11 is 3.60. The molecule has 9 rings (SSSR count). The van der Waals surface area contributed by atoms with E-state index in [4.69, 9.17) is 9.97 Å². The highest BCUT2D eigenvalue weighted by atomic mass is 32.1. The smallest absolute Gasteiger partial charge is 0.143 e. The van der Waals surface area contributed by atoms with Crippen LogP contribution >= 0.6 is 22.7 Å². The van der Waals surface area contributed by atoms with Crippen molar-refractivity contribution in [2.45, 2.75) is 0 Å². The first-order valence-corrected chi connectivity index (χ1v) is 15.0. The second-order valence-electron chi connectivity index (χ2n) is 10.2. The van der Waals surface area contributed by atoms with E-state index in [-0.39, 0.29) is 0 Å². The van der Waals surface area contributed by atoms with Crippen LogP contribution in [0.1, 0.15) is 0 Å². The minimum atomic E-state index is 0.936. The zero-order valence-corrected chi connectivity index (χ0v) is 22.9. The Labute approximate surface area is 237 Å². The molecule has 0 aliphatic rings. The molecule has 0 radical (unpaired) electrons. The van der Waals surface area contributed by atoms with Gasteiger partial charge in [0, 0.05) is 30.3 Å². The molecule has 0 N–H and O–H groups in total. The Hall–Kier alpha value is -4.64. The summed E-state index contributed by atoms with van der Waals surface area (Å²) in [5.74, 6) is 0. The highest BCUT2D eigenvalue weighted by Gasteiger charge is 2.14. The van der Waals surface area contributed by atoms with Crippen LogP contribution in [0, 0.1) is 0 Å². The van der Waals surface area contributed by atoms with Crippen molar-refractivity contribution < 1.29 is 0 Å². The van der Waals surface area contributed by atoms with Crippen LogP contribution in [0.5, 0.6) is 0 Å². The number of nitrogens with zero attached hydrogens (tertiary/aromatic N) is 2. The third-order valence-corrected chi connectivity index (χ3v) is 10.1. The Morgan fingerprint density at radius 2 is 1.23 bits per heavy atom. The van der Waals surface area contributed by atoms with Crippen LogP contribution in [-0.4, -0.2) is 9.97 Å². The van der Waals surface area contributed by atoms with Gasteiger partial charge >= 0.3 is 0 Å². The van der Waals surface area contributed by atoms with Crippen molar-refractivity contribution in [1.82, 2.24) is 9.97 Å². The van der Waals surface area contributed by atoms with Crippen molar-refractivity contribution >= 4 is 85.1 Å². The van der Waals surface area contributed by atoms with Crippen molar-refractivity contribution in [1.29, 1.82) is 0 Å². The van der Waals surface area contributed by atoms with E-state index in [0.717, 1.165) is 21.4 Å². The number of hydrogen-bond acceptors (Lipinski definition) is 4. The Morgan fingerprint density at radius 1 is 0.475 bits per heavy atom. The number of aromatic nitrogens is 2. The van der Waals surface area contributed by atoms with E-state index in [0.29, 0.717) is 0 Å². The summed E-state index contributed by atoms with van der Waals surface area (Å²) < 4.78 is 3.89. The van der Waals surface area contributed by atoms with Gasteiger partial charge in [0.1, 0.15) is 10.3 Å². The Kier molecular flexibility index (Phi) is 4.68. The van der Waals surface area contributed by atoms with E-state index in [9.17, 15) is 0 Å². The largest absolute Gasteiger partial charge is 0.243 e. The van der Waals surface area contributed by atoms with Gasteiger partial charge in [0.2, 0.25) is 0 Å². The number of benzene rings is 6. The van der Waals surface area contributed by atoms with Gasteiger partial charge in [-0.2, -0.15) is 0 Å². The van der Waals surface area contributed by atoms with Crippen LogP contribution in [0.25, 0.3) is 84.7 Å². The first kappa shape index (κ1) is 22.2. The van der Waals surface area contributed by atoms with Gasteiger partial charge in [0.05, 0.1) is 11.0 Å². The molecule has 3 heterocycles. The molecule has 0 amide bonds. The fraction of sp³-hybridized carbons (Fsp3) is 0. The van der Waals surface area contributed by atoms with Crippen molar-refractivity contribution in [2.75, 3.05) is 0 Å². The van der Waals surface area contributed by atoms with E-state index in [2.05, 4.69) is 97.1 Å². The first-order chi connectivity index (χ1) is 19.8. The molecule has 6 aromatic carbocycles. The molecule has 0 saturated heterocycles. The van der Waals surface area contributed by atoms with Gasteiger partial charge in [0.15, 0.2) is 0 Å². The molecule has 186 valence electrons. The fourth-order valence-corrected chi connectivity index (χ4v) is 8.24.